The van der Waals surface area contributed by atoms with Crippen molar-refractivity contribution in [2.24, 2.45) is 11.8 Å². The number of carbonyl (C=O) groups excluding carboxylic acids is 2. The first-order valence-electron chi connectivity index (χ1n) is 7.88. The number of carbonyl (C=O) groups is 2. The predicted molar refractivity (Wildman–Crippen MR) is 88.3 cm³/mol. The lowest BCUT2D eigenvalue weighted by molar-refractivity contribution is -0.122. The molecule has 0 N–H and O–H groups in total. The van der Waals surface area contributed by atoms with E-state index >= 15 is 0 Å². The van der Waals surface area contributed by atoms with Crippen LogP contribution < -0.4 is 4.90 Å². The number of thiophene rings is 1. The molecule has 2 amide bonds. The van der Waals surface area contributed by atoms with E-state index in [-0.39, 0.29) is 23.7 Å². The SMILES string of the molecule is N#Cc1c(N2C(=O)[C@H]3CC=C(Cl)C[C@H]3C2=O)sc2c1CCCC2. The smallest absolute Gasteiger partial charge is 0.238 e. The van der Waals surface area contributed by atoms with Crippen molar-refractivity contribution < 1.29 is 9.59 Å². The van der Waals surface area contributed by atoms with Crippen LogP contribution in [-0.2, 0) is 22.4 Å². The summed E-state index contributed by atoms with van der Waals surface area (Å²) in [6.45, 7) is 0. The molecule has 2 heterocycles. The molecule has 23 heavy (non-hydrogen) atoms. The number of imide groups is 1. The van der Waals surface area contributed by atoms with Gasteiger partial charge < -0.3 is 0 Å². The molecule has 118 valence electrons. The van der Waals surface area contributed by atoms with Crippen LogP contribution in [0.15, 0.2) is 11.1 Å². The molecule has 0 unspecified atom stereocenters. The lowest BCUT2D eigenvalue weighted by atomic mass is 9.85. The van der Waals surface area contributed by atoms with E-state index in [1.807, 2.05) is 6.08 Å². The van der Waals surface area contributed by atoms with E-state index in [0.29, 0.717) is 28.4 Å². The summed E-state index contributed by atoms with van der Waals surface area (Å²) in [7, 11) is 0. The zero-order valence-corrected chi connectivity index (χ0v) is 14.0. The van der Waals surface area contributed by atoms with Gasteiger partial charge in [-0.05, 0) is 44.1 Å². The van der Waals surface area contributed by atoms with E-state index in [4.69, 9.17) is 11.6 Å². The first kappa shape index (κ1) is 14.9. The minimum absolute atomic E-state index is 0.171. The Bertz CT molecular complexity index is 789. The van der Waals surface area contributed by atoms with Gasteiger partial charge >= 0.3 is 0 Å². The van der Waals surface area contributed by atoms with Crippen LogP contribution in [0.1, 0.15) is 41.7 Å². The number of hydrogen-bond donors (Lipinski definition) is 0. The number of allylic oxidation sites excluding steroid dienone is 2. The standard InChI is InChI=1S/C17H15ClN2O2S/c18-9-5-6-11-12(7-9)16(22)20(15(11)21)17-13(8-19)10-3-1-2-4-14(10)23-17/h5,11-12H,1-4,6-7H2/t11-,12+/m0/s1. The molecule has 1 aliphatic heterocycles. The number of amides is 2. The third kappa shape index (κ3) is 2.16. The predicted octanol–water partition coefficient (Wildman–Crippen LogP) is 3.52. The van der Waals surface area contributed by atoms with Crippen molar-refractivity contribution in [1.82, 2.24) is 0 Å². The van der Waals surface area contributed by atoms with Crippen LogP contribution in [0.25, 0.3) is 0 Å². The van der Waals surface area contributed by atoms with Crippen LogP contribution >= 0.6 is 22.9 Å². The van der Waals surface area contributed by atoms with Gasteiger partial charge in [-0.2, -0.15) is 5.26 Å². The molecule has 4 nitrogen and oxygen atoms in total. The van der Waals surface area contributed by atoms with Gasteiger partial charge in [0.1, 0.15) is 11.1 Å². The summed E-state index contributed by atoms with van der Waals surface area (Å²) in [5.74, 6) is -1.06. The number of halogens is 1. The quantitative estimate of drug-likeness (QED) is 0.731. The Labute approximate surface area is 143 Å². The van der Waals surface area contributed by atoms with Gasteiger partial charge in [0, 0.05) is 9.91 Å². The van der Waals surface area contributed by atoms with Crippen LogP contribution in [0.5, 0.6) is 0 Å². The third-order valence-corrected chi connectivity index (χ3v) is 6.62. The molecule has 1 aromatic rings. The van der Waals surface area contributed by atoms with Crippen molar-refractivity contribution in [3.63, 3.8) is 0 Å². The highest BCUT2D eigenvalue weighted by molar-refractivity contribution is 7.17. The summed E-state index contributed by atoms with van der Waals surface area (Å²) in [5, 5.41) is 10.8. The summed E-state index contributed by atoms with van der Waals surface area (Å²) in [6.07, 6.45) is 6.74. The number of fused-ring (bicyclic) bond motifs is 2. The highest BCUT2D eigenvalue weighted by Crippen LogP contribution is 2.46. The Morgan fingerprint density at radius 1 is 1.22 bits per heavy atom. The molecule has 2 aliphatic carbocycles. The first-order chi connectivity index (χ1) is 11.1. The Kier molecular flexibility index (Phi) is 3.55. The van der Waals surface area contributed by atoms with E-state index < -0.39 is 0 Å². The number of rotatable bonds is 1. The van der Waals surface area contributed by atoms with Gasteiger partial charge in [-0.1, -0.05) is 17.7 Å². The Morgan fingerprint density at radius 3 is 2.74 bits per heavy atom. The van der Waals surface area contributed by atoms with Gasteiger partial charge in [0.15, 0.2) is 0 Å². The second kappa shape index (κ2) is 5.47. The van der Waals surface area contributed by atoms with E-state index in [2.05, 4.69) is 6.07 Å². The van der Waals surface area contributed by atoms with Crippen LogP contribution in [-0.4, -0.2) is 11.8 Å². The fraction of sp³-hybridized carbons (Fsp3) is 0.471. The molecule has 0 aromatic carbocycles. The molecule has 0 saturated carbocycles. The molecular formula is C17H15ClN2O2S. The zero-order valence-electron chi connectivity index (χ0n) is 12.5. The monoisotopic (exact) mass is 346 g/mol. The van der Waals surface area contributed by atoms with Gasteiger partial charge in [-0.25, -0.2) is 4.90 Å². The van der Waals surface area contributed by atoms with Crippen LogP contribution in [0.3, 0.4) is 0 Å². The van der Waals surface area contributed by atoms with Crippen molar-refractivity contribution >= 4 is 39.8 Å². The van der Waals surface area contributed by atoms with Crippen molar-refractivity contribution in [3.8, 4) is 6.07 Å². The van der Waals surface area contributed by atoms with Gasteiger partial charge in [0.05, 0.1) is 17.4 Å². The van der Waals surface area contributed by atoms with E-state index in [0.717, 1.165) is 36.1 Å². The van der Waals surface area contributed by atoms with Crippen molar-refractivity contribution in [2.75, 3.05) is 4.90 Å². The number of hydrogen-bond acceptors (Lipinski definition) is 4. The molecular weight excluding hydrogens is 332 g/mol. The minimum Gasteiger partial charge on any atom is -0.274 e. The van der Waals surface area contributed by atoms with Crippen LogP contribution in [0, 0.1) is 23.2 Å². The van der Waals surface area contributed by atoms with Crippen molar-refractivity contribution in [1.29, 1.82) is 5.26 Å². The molecule has 1 fully saturated rings. The summed E-state index contributed by atoms with van der Waals surface area (Å²) in [6, 6.07) is 2.24. The maximum absolute atomic E-state index is 12.8. The molecule has 0 radical (unpaired) electrons. The third-order valence-electron chi connectivity index (χ3n) is 5.04. The fourth-order valence-electron chi connectivity index (χ4n) is 3.85. The highest BCUT2D eigenvalue weighted by atomic mass is 35.5. The summed E-state index contributed by atoms with van der Waals surface area (Å²) < 4.78 is 0. The molecule has 3 aliphatic rings. The van der Waals surface area contributed by atoms with Gasteiger partial charge in [0.2, 0.25) is 11.8 Å². The van der Waals surface area contributed by atoms with Gasteiger partial charge in [-0.3, -0.25) is 9.59 Å². The maximum Gasteiger partial charge on any atom is 0.238 e. The zero-order chi connectivity index (χ0) is 16.1. The summed E-state index contributed by atoms with van der Waals surface area (Å²) >= 11 is 7.51. The number of nitrogens with zero attached hydrogens (tertiary/aromatic N) is 2. The molecule has 4 rings (SSSR count). The summed E-state index contributed by atoms with van der Waals surface area (Å²) in [5.41, 5.74) is 1.58. The highest BCUT2D eigenvalue weighted by Gasteiger charge is 2.50. The average molecular weight is 347 g/mol. The molecule has 2 atom stereocenters. The average Bonchev–Trinajstić information content (AvgIpc) is 3.03. The lowest BCUT2D eigenvalue weighted by Crippen LogP contribution is -2.30. The number of anilines is 1. The maximum atomic E-state index is 12.8. The van der Waals surface area contributed by atoms with Gasteiger partial charge in [0.25, 0.3) is 0 Å². The topological polar surface area (TPSA) is 61.2 Å². The van der Waals surface area contributed by atoms with E-state index in [9.17, 15) is 14.9 Å². The second-order valence-corrected chi connectivity index (χ2v) is 7.89. The van der Waals surface area contributed by atoms with Crippen molar-refractivity contribution in [2.45, 2.75) is 38.5 Å². The van der Waals surface area contributed by atoms with Gasteiger partial charge in [-0.15, -0.1) is 11.3 Å². The minimum atomic E-state index is -0.370. The Hall–Kier alpha value is -1.64. The molecule has 6 heteroatoms. The fourth-order valence-corrected chi connectivity index (χ4v) is 5.46. The van der Waals surface area contributed by atoms with E-state index in [1.54, 1.807) is 0 Å². The first-order valence-corrected chi connectivity index (χ1v) is 9.08. The molecule has 0 bridgehead atoms. The van der Waals surface area contributed by atoms with Crippen LogP contribution in [0.2, 0.25) is 0 Å². The van der Waals surface area contributed by atoms with Crippen LogP contribution in [0.4, 0.5) is 5.00 Å². The Balaban J connectivity index is 1.77. The second-order valence-electron chi connectivity index (χ2n) is 6.32. The van der Waals surface area contributed by atoms with E-state index in [1.165, 1.54) is 16.2 Å². The number of aryl methyl sites for hydroxylation is 1. The lowest BCUT2D eigenvalue weighted by Gasteiger charge is -2.17. The largest absolute Gasteiger partial charge is 0.274 e. The molecule has 1 aromatic heterocycles. The molecule has 0 spiro atoms. The molecule has 1 saturated heterocycles. The normalized spacial score (nSPS) is 26.6. The Morgan fingerprint density at radius 2 is 1.96 bits per heavy atom. The number of nitriles is 1. The summed E-state index contributed by atoms with van der Waals surface area (Å²) in [4.78, 5) is 28.0. The van der Waals surface area contributed by atoms with Crippen molar-refractivity contribution in [3.05, 3.63) is 27.1 Å².